The molecule has 124 valence electrons. The normalized spacial score (nSPS) is 11.7. The average Bonchev–Trinajstić information content (AvgIpc) is 2.46. The number of nitrogens with one attached hydrogen (secondary N) is 1. The Hall–Kier alpha value is -0.820. The monoisotopic (exact) mass is 366 g/mol. The Bertz CT molecular complexity index is 621. The van der Waals surface area contributed by atoms with Crippen molar-refractivity contribution < 1.29 is 13.2 Å². The van der Waals surface area contributed by atoms with Crippen molar-refractivity contribution >= 4 is 39.1 Å². The topological polar surface area (TPSA) is 66.5 Å². The predicted octanol–water partition coefficient (Wildman–Crippen LogP) is 2.92. The van der Waals surface area contributed by atoms with Gasteiger partial charge in [0, 0.05) is 18.6 Å². The van der Waals surface area contributed by atoms with E-state index in [0.717, 1.165) is 23.6 Å². The van der Waals surface area contributed by atoms with Crippen molar-refractivity contribution in [1.29, 1.82) is 0 Å². The maximum Gasteiger partial charge on any atom is 0.244 e. The Morgan fingerprint density at radius 3 is 2.59 bits per heavy atom. The van der Waals surface area contributed by atoms with Crippen molar-refractivity contribution in [2.24, 2.45) is 0 Å². The fraction of sp³-hybridized carbons (Fsp3) is 0.500. The van der Waals surface area contributed by atoms with E-state index in [1.54, 1.807) is 0 Å². The number of halogens is 2. The summed E-state index contributed by atoms with van der Waals surface area (Å²) >= 11 is 11.7. The first kappa shape index (κ1) is 19.2. The van der Waals surface area contributed by atoms with Gasteiger partial charge >= 0.3 is 0 Å². The summed E-state index contributed by atoms with van der Waals surface area (Å²) in [6, 6.07) is 4.19. The fourth-order valence-corrected chi connectivity index (χ4v) is 3.65. The Morgan fingerprint density at radius 1 is 1.27 bits per heavy atom. The van der Waals surface area contributed by atoms with Gasteiger partial charge in [-0.3, -0.25) is 4.79 Å². The van der Waals surface area contributed by atoms with E-state index in [9.17, 15) is 13.2 Å². The highest BCUT2D eigenvalue weighted by molar-refractivity contribution is 7.89. The van der Waals surface area contributed by atoms with E-state index in [4.69, 9.17) is 23.2 Å². The van der Waals surface area contributed by atoms with Gasteiger partial charge in [-0.15, -0.1) is 0 Å². The lowest BCUT2D eigenvalue weighted by molar-refractivity contribution is -0.121. The maximum atomic E-state index is 12.4. The molecule has 0 saturated carbocycles. The molecule has 1 N–H and O–H groups in total. The van der Waals surface area contributed by atoms with Crippen LogP contribution in [0, 0.1) is 0 Å². The van der Waals surface area contributed by atoms with E-state index in [-0.39, 0.29) is 27.4 Å². The molecule has 0 heterocycles. The lowest BCUT2D eigenvalue weighted by Crippen LogP contribution is -2.38. The minimum Gasteiger partial charge on any atom is -0.355 e. The Morgan fingerprint density at radius 2 is 1.95 bits per heavy atom. The first-order chi connectivity index (χ1) is 10.3. The average molecular weight is 367 g/mol. The van der Waals surface area contributed by atoms with Gasteiger partial charge in [-0.05, 0) is 24.6 Å². The molecule has 0 saturated heterocycles. The summed E-state index contributed by atoms with van der Waals surface area (Å²) in [5.41, 5.74) is 0. The van der Waals surface area contributed by atoms with Gasteiger partial charge in [-0.25, -0.2) is 8.42 Å². The standard InChI is InChI=1S/C14H20Cl2N2O3S/c1-3-4-5-8-17-14(19)10-18(2)22(20,21)13-9-11(15)6-7-12(13)16/h6-7,9H,3-5,8,10H2,1-2H3,(H,17,19). The molecule has 1 aromatic rings. The highest BCUT2D eigenvalue weighted by atomic mass is 35.5. The molecule has 1 aromatic carbocycles. The molecular weight excluding hydrogens is 347 g/mol. The van der Waals surface area contributed by atoms with Crippen LogP contribution in [0.15, 0.2) is 23.1 Å². The van der Waals surface area contributed by atoms with Crippen LogP contribution < -0.4 is 5.32 Å². The minimum absolute atomic E-state index is 0.0691. The van der Waals surface area contributed by atoms with Gasteiger partial charge in [0.2, 0.25) is 15.9 Å². The summed E-state index contributed by atoms with van der Waals surface area (Å²) in [6.07, 6.45) is 2.95. The van der Waals surface area contributed by atoms with Crippen LogP contribution in [-0.2, 0) is 14.8 Å². The molecule has 8 heteroatoms. The number of likely N-dealkylation sites (N-methyl/N-ethyl adjacent to an activating group) is 1. The van der Waals surface area contributed by atoms with E-state index in [0.29, 0.717) is 6.54 Å². The molecule has 0 fully saturated rings. The minimum atomic E-state index is -3.87. The molecule has 0 radical (unpaired) electrons. The number of nitrogens with zero attached hydrogens (tertiary/aromatic N) is 1. The summed E-state index contributed by atoms with van der Waals surface area (Å²) in [5, 5.41) is 3.03. The number of rotatable bonds is 8. The van der Waals surface area contributed by atoms with Crippen LogP contribution in [0.4, 0.5) is 0 Å². The Labute approximate surface area is 141 Å². The molecule has 0 aromatic heterocycles. The molecule has 1 rings (SSSR count). The quantitative estimate of drug-likeness (QED) is 0.719. The number of benzene rings is 1. The Kier molecular flexibility index (Phi) is 7.62. The summed E-state index contributed by atoms with van der Waals surface area (Å²) < 4.78 is 25.8. The summed E-state index contributed by atoms with van der Waals surface area (Å²) in [6.45, 7) is 2.34. The third-order valence-electron chi connectivity index (χ3n) is 3.05. The second-order valence-electron chi connectivity index (χ2n) is 4.89. The highest BCUT2D eigenvalue weighted by Crippen LogP contribution is 2.26. The maximum absolute atomic E-state index is 12.4. The van der Waals surface area contributed by atoms with E-state index >= 15 is 0 Å². The van der Waals surface area contributed by atoms with Gasteiger partial charge in [-0.1, -0.05) is 43.0 Å². The zero-order valence-corrected chi connectivity index (χ0v) is 14.9. The zero-order chi connectivity index (χ0) is 16.8. The second-order valence-corrected chi connectivity index (χ2v) is 7.75. The number of hydrogen-bond donors (Lipinski definition) is 1. The third-order valence-corrected chi connectivity index (χ3v) is 5.57. The highest BCUT2D eigenvalue weighted by Gasteiger charge is 2.25. The smallest absolute Gasteiger partial charge is 0.244 e. The predicted molar refractivity (Wildman–Crippen MR) is 88.8 cm³/mol. The van der Waals surface area contributed by atoms with Crippen LogP contribution in [0.25, 0.3) is 0 Å². The summed E-state index contributed by atoms with van der Waals surface area (Å²) in [4.78, 5) is 11.7. The molecule has 22 heavy (non-hydrogen) atoms. The molecule has 0 atom stereocenters. The molecule has 0 aliphatic carbocycles. The molecule has 1 amide bonds. The van der Waals surface area contributed by atoms with Crippen LogP contribution in [0.5, 0.6) is 0 Å². The molecular formula is C14H20Cl2N2O3S. The van der Waals surface area contributed by atoms with Crippen LogP contribution in [-0.4, -0.2) is 38.8 Å². The molecule has 0 spiro atoms. The van der Waals surface area contributed by atoms with E-state index in [2.05, 4.69) is 12.2 Å². The van der Waals surface area contributed by atoms with Gasteiger partial charge in [0.05, 0.1) is 11.6 Å². The fourth-order valence-electron chi connectivity index (χ4n) is 1.79. The third kappa shape index (κ3) is 5.43. The Balaban J connectivity index is 2.72. The van der Waals surface area contributed by atoms with E-state index in [1.165, 1.54) is 25.2 Å². The molecule has 5 nitrogen and oxygen atoms in total. The largest absolute Gasteiger partial charge is 0.355 e. The van der Waals surface area contributed by atoms with Gasteiger partial charge in [-0.2, -0.15) is 4.31 Å². The molecule has 0 unspecified atom stereocenters. The zero-order valence-electron chi connectivity index (χ0n) is 12.6. The van der Waals surface area contributed by atoms with Crippen molar-refractivity contribution in [1.82, 2.24) is 9.62 Å². The summed E-state index contributed by atoms with van der Waals surface area (Å²) in [5.74, 6) is -0.347. The van der Waals surface area contributed by atoms with Crippen molar-refractivity contribution in [2.45, 2.75) is 31.1 Å². The first-order valence-electron chi connectivity index (χ1n) is 6.97. The van der Waals surface area contributed by atoms with Gasteiger partial charge in [0.25, 0.3) is 0 Å². The lowest BCUT2D eigenvalue weighted by Gasteiger charge is -2.17. The van der Waals surface area contributed by atoms with Crippen LogP contribution in [0.3, 0.4) is 0 Å². The van der Waals surface area contributed by atoms with Crippen molar-refractivity contribution in [3.8, 4) is 0 Å². The number of hydrogen-bond acceptors (Lipinski definition) is 3. The SMILES string of the molecule is CCCCCNC(=O)CN(C)S(=O)(=O)c1cc(Cl)ccc1Cl. The van der Waals surface area contributed by atoms with Gasteiger partial charge in [0.15, 0.2) is 0 Å². The molecule has 0 bridgehead atoms. The number of sulfonamides is 1. The molecule has 0 aliphatic rings. The van der Waals surface area contributed by atoms with Gasteiger partial charge < -0.3 is 5.32 Å². The van der Waals surface area contributed by atoms with E-state index in [1.807, 2.05) is 0 Å². The van der Waals surface area contributed by atoms with E-state index < -0.39 is 10.0 Å². The summed E-state index contributed by atoms with van der Waals surface area (Å²) in [7, 11) is -2.53. The molecule has 0 aliphatic heterocycles. The first-order valence-corrected chi connectivity index (χ1v) is 9.16. The van der Waals surface area contributed by atoms with Crippen molar-refractivity contribution in [2.75, 3.05) is 20.1 Å². The van der Waals surface area contributed by atoms with Crippen LogP contribution in [0.1, 0.15) is 26.2 Å². The van der Waals surface area contributed by atoms with Crippen LogP contribution in [0.2, 0.25) is 10.0 Å². The number of unbranched alkanes of at least 4 members (excludes halogenated alkanes) is 2. The van der Waals surface area contributed by atoms with Crippen molar-refractivity contribution in [3.05, 3.63) is 28.2 Å². The lowest BCUT2D eigenvalue weighted by atomic mass is 10.2. The number of amides is 1. The van der Waals surface area contributed by atoms with Crippen molar-refractivity contribution in [3.63, 3.8) is 0 Å². The number of carbonyl (C=O) groups is 1. The van der Waals surface area contributed by atoms with Crippen LogP contribution >= 0.6 is 23.2 Å². The van der Waals surface area contributed by atoms with Gasteiger partial charge in [0.1, 0.15) is 4.90 Å². The number of carbonyl (C=O) groups excluding carboxylic acids is 1. The second kappa shape index (κ2) is 8.72.